The third kappa shape index (κ3) is 3.85. The minimum Gasteiger partial charge on any atom is -0.462 e. The molecule has 6 heteroatoms. The lowest BCUT2D eigenvalue weighted by molar-refractivity contribution is 0.0526. The molecule has 0 radical (unpaired) electrons. The first-order valence-corrected chi connectivity index (χ1v) is 9.73. The topological polar surface area (TPSA) is 60.7 Å². The third-order valence-electron chi connectivity index (χ3n) is 4.33. The first-order chi connectivity index (χ1) is 12.9. The molecule has 1 aromatic heterocycles. The van der Waals surface area contributed by atoms with E-state index in [-0.39, 0.29) is 11.9 Å². The summed E-state index contributed by atoms with van der Waals surface area (Å²) in [5.41, 5.74) is 3.99. The van der Waals surface area contributed by atoms with Gasteiger partial charge in [0.25, 0.3) is 5.91 Å². The van der Waals surface area contributed by atoms with E-state index in [1.165, 1.54) is 11.3 Å². The number of amides is 1. The molecule has 140 valence electrons. The molecule has 3 aromatic rings. The van der Waals surface area contributed by atoms with Crippen LogP contribution in [0, 0.1) is 13.8 Å². The van der Waals surface area contributed by atoms with Crippen LogP contribution >= 0.6 is 11.3 Å². The van der Waals surface area contributed by atoms with Crippen LogP contribution in [0.4, 0.5) is 0 Å². The molecular weight excluding hydrogens is 360 g/mol. The van der Waals surface area contributed by atoms with Gasteiger partial charge in [-0.25, -0.2) is 4.79 Å². The van der Waals surface area contributed by atoms with E-state index in [4.69, 9.17) is 4.74 Å². The number of aryl methyl sites for hydroxylation is 3. The molecule has 0 saturated heterocycles. The predicted molar refractivity (Wildman–Crippen MR) is 107 cm³/mol. The summed E-state index contributed by atoms with van der Waals surface area (Å²) in [6.45, 7) is 8.67. The summed E-state index contributed by atoms with van der Waals surface area (Å²) in [7, 11) is 0. The highest BCUT2D eigenvalue weighted by Crippen LogP contribution is 2.20. The lowest BCUT2D eigenvalue weighted by Gasteiger charge is -2.04. The van der Waals surface area contributed by atoms with E-state index < -0.39 is 0 Å². The Morgan fingerprint density at radius 1 is 1.11 bits per heavy atom. The van der Waals surface area contributed by atoms with Gasteiger partial charge >= 0.3 is 5.97 Å². The average Bonchev–Trinajstić information content (AvgIpc) is 2.99. The zero-order valence-corrected chi connectivity index (χ0v) is 16.7. The molecule has 27 heavy (non-hydrogen) atoms. The summed E-state index contributed by atoms with van der Waals surface area (Å²) >= 11 is 1.40. The molecule has 0 N–H and O–H groups in total. The fourth-order valence-corrected chi connectivity index (χ4v) is 4.05. The minimum absolute atomic E-state index is 0.254. The number of nitrogens with zero attached hydrogens (tertiary/aromatic N) is 2. The van der Waals surface area contributed by atoms with E-state index in [2.05, 4.69) is 4.99 Å². The number of rotatable bonds is 4. The number of carbonyl (C=O) groups excluding carboxylic acids is 2. The Hall–Kier alpha value is -2.73. The number of aromatic nitrogens is 1. The van der Waals surface area contributed by atoms with Gasteiger partial charge in [0.05, 0.1) is 22.4 Å². The highest BCUT2D eigenvalue weighted by atomic mass is 32.1. The van der Waals surface area contributed by atoms with Crippen molar-refractivity contribution >= 4 is 33.4 Å². The summed E-state index contributed by atoms with van der Waals surface area (Å²) in [6, 6.07) is 11.2. The number of benzene rings is 2. The van der Waals surface area contributed by atoms with Crippen molar-refractivity contribution < 1.29 is 14.3 Å². The Morgan fingerprint density at radius 2 is 1.89 bits per heavy atom. The van der Waals surface area contributed by atoms with Crippen molar-refractivity contribution in [3.63, 3.8) is 0 Å². The second-order valence-corrected chi connectivity index (χ2v) is 7.28. The van der Waals surface area contributed by atoms with Gasteiger partial charge in [0, 0.05) is 12.1 Å². The molecule has 3 rings (SSSR count). The maximum absolute atomic E-state index is 12.7. The number of esters is 1. The van der Waals surface area contributed by atoms with Crippen LogP contribution in [0.5, 0.6) is 0 Å². The van der Waals surface area contributed by atoms with Crippen LogP contribution in [0.2, 0.25) is 0 Å². The van der Waals surface area contributed by atoms with Crippen LogP contribution in [-0.2, 0) is 11.3 Å². The first kappa shape index (κ1) is 19.0. The fraction of sp³-hybridized carbons (Fsp3) is 0.286. The van der Waals surface area contributed by atoms with Crippen LogP contribution in [0.3, 0.4) is 0 Å². The first-order valence-electron chi connectivity index (χ1n) is 8.91. The molecule has 0 saturated carbocycles. The molecule has 0 aliphatic rings. The number of thiazole rings is 1. The van der Waals surface area contributed by atoms with Crippen molar-refractivity contribution in [1.29, 1.82) is 0 Å². The molecule has 5 nitrogen and oxygen atoms in total. The molecule has 2 aromatic carbocycles. The summed E-state index contributed by atoms with van der Waals surface area (Å²) in [6.07, 6.45) is 0. The fourth-order valence-electron chi connectivity index (χ4n) is 2.92. The summed E-state index contributed by atoms with van der Waals surface area (Å²) in [4.78, 5) is 29.7. The quantitative estimate of drug-likeness (QED) is 0.634. The van der Waals surface area contributed by atoms with Gasteiger partial charge in [-0.15, -0.1) is 0 Å². The Morgan fingerprint density at radius 3 is 2.59 bits per heavy atom. The van der Waals surface area contributed by atoms with Crippen LogP contribution < -0.4 is 4.80 Å². The maximum Gasteiger partial charge on any atom is 0.338 e. The zero-order chi connectivity index (χ0) is 19.6. The largest absolute Gasteiger partial charge is 0.462 e. The minimum atomic E-state index is -0.346. The monoisotopic (exact) mass is 382 g/mol. The number of carbonyl (C=O) groups is 2. The van der Waals surface area contributed by atoms with Crippen LogP contribution in [0.15, 0.2) is 41.4 Å². The van der Waals surface area contributed by atoms with Crippen molar-refractivity contribution in [2.45, 2.75) is 34.2 Å². The normalized spacial score (nSPS) is 11.8. The van der Waals surface area contributed by atoms with E-state index >= 15 is 0 Å². The lowest BCUT2D eigenvalue weighted by Crippen LogP contribution is -2.16. The Labute approximate surface area is 161 Å². The van der Waals surface area contributed by atoms with Gasteiger partial charge in [0.1, 0.15) is 0 Å². The molecule has 0 bridgehead atoms. The summed E-state index contributed by atoms with van der Waals surface area (Å²) in [5, 5.41) is 0. The predicted octanol–water partition coefficient (Wildman–Crippen LogP) is 4.26. The molecule has 0 spiro atoms. The molecule has 0 aliphatic heterocycles. The van der Waals surface area contributed by atoms with E-state index in [1.807, 2.05) is 49.6 Å². The summed E-state index contributed by atoms with van der Waals surface area (Å²) < 4.78 is 7.95. The molecule has 0 aliphatic carbocycles. The van der Waals surface area contributed by atoms with Gasteiger partial charge < -0.3 is 9.30 Å². The van der Waals surface area contributed by atoms with E-state index in [9.17, 15) is 9.59 Å². The van der Waals surface area contributed by atoms with Crippen LogP contribution in [-0.4, -0.2) is 23.1 Å². The smallest absolute Gasteiger partial charge is 0.338 e. The number of hydrogen-bond acceptors (Lipinski definition) is 4. The lowest BCUT2D eigenvalue weighted by atomic mass is 10.1. The van der Waals surface area contributed by atoms with Crippen LogP contribution in [0.25, 0.3) is 10.2 Å². The van der Waals surface area contributed by atoms with E-state index in [1.54, 1.807) is 19.1 Å². The third-order valence-corrected chi connectivity index (χ3v) is 5.37. The van der Waals surface area contributed by atoms with Crippen LogP contribution in [0.1, 0.15) is 45.7 Å². The van der Waals surface area contributed by atoms with Gasteiger partial charge in [-0.1, -0.05) is 29.0 Å². The maximum atomic E-state index is 12.7. The Kier molecular flexibility index (Phi) is 5.56. The van der Waals surface area contributed by atoms with Gasteiger partial charge in [-0.2, -0.15) is 4.99 Å². The average molecular weight is 382 g/mol. The zero-order valence-electron chi connectivity index (χ0n) is 15.9. The molecule has 1 amide bonds. The van der Waals surface area contributed by atoms with Crippen molar-refractivity contribution in [2.75, 3.05) is 6.61 Å². The Balaban J connectivity index is 2.10. The second kappa shape index (κ2) is 7.88. The van der Waals surface area contributed by atoms with E-state index in [0.717, 1.165) is 21.3 Å². The molecule has 0 unspecified atom stereocenters. The number of fused-ring (bicyclic) bond motifs is 1. The van der Waals surface area contributed by atoms with Crippen molar-refractivity contribution in [3.8, 4) is 0 Å². The van der Waals surface area contributed by atoms with Gasteiger partial charge in [-0.3, -0.25) is 4.79 Å². The number of ether oxygens (including phenoxy) is 1. The highest BCUT2D eigenvalue weighted by molar-refractivity contribution is 7.16. The van der Waals surface area contributed by atoms with Crippen molar-refractivity contribution in [1.82, 2.24) is 4.57 Å². The standard InChI is InChI=1S/C21H22N2O3S/c1-5-23-17-10-9-15(20(25)26-6-2)12-18(17)27-21(23)22-19(24)16-11-13(3)7-8-14(16)4/h7-12H,5-6H2,1-4H3. The summed E-state index contributed by atoms with van der Waals surface area (Å²) in [5.74, 6) is -0.601. The van der Waals surface area contributed by atoms with Gasteiger partial charge in [0.2, 0.25) is 0 Å². The number of hydrogen-bond donors (Lipinski definition) is 0. The molecule has 0 atom stereocenters. The Bertz CT molecular complexity index is 1090. The van der Waals surface area contributed by atoms with Crippen molar-refractivity contribution in [3.05, 3.63) is 63.5 Å². The SMILES string of the molecule is CCOC(=O)c1ccc2c(c1)sc(=NC(=O)c1cc(C)ccc1C)n2CC. The van der Waals surface area contributed by atoms with Gasteiger partial charge in [0.15, 0.2) is 4.80 Å². The highest BCUT2D eigenvalue weighted by Gasteiger charge is 2.13. The molecular formula is C21H22N2O3S. The van der Waals surface area contributed by atoms with Crippen molar-refractivity contribution in [2.24, 2.45) is 4.99 Å². The van der Waals surface area contributed by atoms with Gasteiger partial charge in [-0.05, 0) is 57.5 Å². The second-order valence-electron chi connectivity index (χ2n) is 6.27. The van der Waals surface area contributed by atoms with E-state index in [0.29, 0.717) is 29.1 Å². The molecule has 1 heterocycles. The molecule has 0 fully saturated rings.